The number of benzene rings is 2. The average Bonchev–Trinajstić information content (AvgIpc) is 3.25. The van der Waals surface area contributed by atoms with Gasteiger partial charge in [0, 0.05) is 42.5 Å². The molecule has 5 rings (SSSR count). The zero-order valence-corrected chi connectivity index (χ0v) is 23.6. The van der Waals surface area contributed by atoms with Crippen molar-refractivity contribution in [3.63, 3.8) is 0 Å². The quantitative estimate of drug-likeness (QED) is 0.262. The Bertz CT molecular complexity index is 1520. The lowest BCUT2D eigenvalue weighted by Crippen LogP contribution is -2.31. The van der Waals surface area contributed by atoms with E-state index in [1.165, 1.54) is 0 Å². The molecule has 10 heteroatoms. The number of halogens is 2. The summed E-state index contributed by atoms with van der Waals surface area (Å²) in [4.78, 5) is 18.0. The van der Waals surface area contributed by atoms with E-state index in [1.54, 1.807) is 12.3 Å². The van der Waals surface area contributed by atoms with Gasteiger partial charge in [0.15, 0.2) is 0 Å². The van der Waals surface area contributed by atoms with Crippen LogP contribution in [0, 0.1) is 12.8 Å². The van der Waals surface area contributed by atoms with Gasteiger partial charge in [-0.3, -0.25) is 0 Å². The van der Waals surface area contributed by atoms with Gasteiger partial charge in [-0.05, 0) is 42.7 Å². The van der Waals surface area contributed by atoms with Gasteiger partial charge in [-0.2, -0.15) is 5.10 Å². The standard InChI is InChI=1S/C29H30Cl2N6O2/c1-17(2)16-39-25-6-4-5-18(3)26(25)37-27(19-7-9-21(10-8-19)34-29(32)38)22-15-36(12-11-24(22)35-37)28-23(31)13-20(30)14-33-28/h4-10,13-14,17H,11-12,15-16H2,1-3H3,(H3,32,34,38). The van der Waals surface area contributed by atoms with Gasteiger partial charge in [-0.25, -0.2) is 14.5 Å². The molecule has 0 fully saturated rings. The lowest BCUT2D eigenvalue weighted by Gasteiger charge is -2.28. The Morgan fingerprint density at radius 1 is 1.18 bits per heavy atom. The molecular weight excluding hydrogens is 535 g/mol. The number of hydrogen-bond acceptors (Lipinski definition) is 5. The Balaban J connectivity index is 1.65. The van der Waals surface area contributed by atoms with Crippen LogP contribution in [-0.2, 0) is 13.0 Å². The number of aromatic nitrogens is 3. The predicted molar refractivity (Wildman–Crippen MR) is 156 cm³/mol. The van der Waals surface area contributed by atoms with Crippen LogP contribution in [0.1, 0.15) is 30.7 Å². The first-order valence-corrected chi connectivity index (χ1v) is 13.5. The summed E-state index contributed by atoms with van der Waals surface area (Å²) in [5.41, 5.74) is 11.8. The van der Waals surface area contributed by atoms with Crippen LogP contribution in [0.3, 0.4) is 0 Å². The third-order valence-electron chi connectivity index (χ3n) is 6.53. The van der Waals surface area contributed by atoms with Gasteiger partial charge in [0.05, 0.1) is 28.0 Å². The molecule has 8 nitrogen and oxygen atoms in total. The number of nitrogens with one attached hydrogen (secondary N) is 1. The minimum atomic E-state index is -0.611. The third-order valence-corrected chi connectivity index (χ3v) is 7.02. The maximum Gasteiger partial charge on any atom is 0.316 e. The number of carbonyl (C=O) groups excluding carboxylic acids is 1. The highest BCUT2D eigenvalue weighted by atomic mass is 35.5. The molecule has 2 aromatic heterocycles. The second-order valence-corrected chi connectivity index (χ2v) is 10.9. The summed E-state index contributed by atoms with van der Waals surface area (Å²) in [6.07, 6.45) is 2.32. The molecule has 0 radical (unpaired) electrons. The summed E-state index contributed by atoms with van der Waals surface area (Å²) in [6.45, 7) is 8.18. The third kappa shape index (κ3) is 5.67. The lowest BCUT2D eigenvalue weighted by molar-refractivity contribution is 0.259. The number of amides is 2. The second-order valence-electron chi connectivity index (χ2n) is 10.0. The van der Waals surface area contributed by atoms with Gasteiger partial charge in [0.1, 0.15) is 17.3 Å². The maximum absolute atomic E-state index is 11.4. The van der Waals surface area contributed by atoms with Crippen molar-refractivity contribution in [1.82, 2.24) is 14.8 Å². The van der Waals surface area contributed by atoms with E-state index in [1.807, 2.05) is 41.1 Å². The minimum absolute atomic E-state index is 0.374. The number of aryl methyl sites for hydroxylation is 1. The van der Waals surface area contributed by atoms with E-state index in [0.29, 0.717) is 53.6 Å². The molecule has 202 valence electrons. The molecule has 3 N–H and O–H groups in total. The molecule has 2 amide bonds. The zero-order valence-electron chi connectivity index (χ0n) is 22.0. The first kappa shape index (κ1) is 26.8. The molecule has 0 saturated carbocycles. The summed E-state index contributed by atoms with van der Waals surface area (Å²) in [5, 5.41) is 8.75. The number of anilines is 2. The number of nitrogens with two attached hydrogens (primary N) is 1. The van der Waals surface area contributed by atoms with Gasteiger partial charge in [0.2, 0.25) is 0 Å². The molecule has 3 heterocycles. The van der Waals surface area contributed by atoms with Gasteiger partial charge < -0.3 is 20.7 Å². The van der Waals surface area contributed by atoms with Crippen LogP contribution in [0.5, 0.6) is 5.75 Å². The predicted octanol–water partition coefficient (Wildman–Crippen LogP) is 6.64. The summed E-state index contributed by atoms with van der Waals surface area (Å²) in [6, 6.07) is 14.7. The van der Waals surface area contributed by atoms with Crippen molar-refractivity contribution in [3.8, 4) is 22.7 Å². The van der Waals surface area contributed by atoms with E-state index in [2.05, 4.69) is 42.0 Å². The molecule has 0 saturated heterocycles. The van der Waals surface area contributed by atoms with E-state index in [9.17, 15) is 4.79 Å². The van der Waals surface area contributed by atoms with Crippen LogP contribution in [0.2, 0.25) is 10.0 Å². The van der Waals surface area contributed by atoms with Crippen LogP contribution in [0.4, 0.5) is 16.3 Å². The highest BCUT2D eigenvalue weighted by Gasteiger charge is 2.29. The second kappa shape index (κ2) is 11.2. The van der Waals surface area contributed by atoms with E-state index < -0.39 is 6.03 Å². The number of hydrogen-bond donors (Lipinski definition) is 2. The summed E-state index contributed by atoms with van der Waals surface area (Å²) < 4.78 is 8.26. The molecule has 1 aliphatic heterocycles. The number of nitrogens with zero attached hydrogens (tertiary/aromatic N) is 4. The Kier molecular flexibility index (Phi) is 7.68. The number of carbonyl (C=O) groups is 1. The van der Waals surface area contributed by atoms with E-state index >= 15 is 0 Å². The van der Waals surface area contributed by atoms with Crippen LogP contribution < -0.4 is 20.7 Å². The molecular formula is C29H30Cl2N6O2. The number of fused-ring (bicyclic) bond motifs is 1. The zero-order chi connectivity index (χ0) is 27.7. The summed E-state index contributed by atoms with van der Waals surface area (Å²) >= 11 is 12.6. The van der Waals surface area contributed by atoms with E-state index in [-0.39, 0.29) is 0 Å². The van der Waals surface area contributed by atoms with Gasteiger partial charge in [-0.1, -0.05) is 61.3 Å². The van der Waals surface area contributed by atoms with Crippen LogP contribution >= 0.6 is 23.2 Å². The number of primary amides is 1. The van der Waals surface area contributed by atoms with Crippen molar-refractivity contribution < 1.29 is 9.53 Å². The Labute approximate surface area is 237 Å². The Hall–Kier alpha value is -3.75. The first-order chi connectivity index (χ1) is 18.7. The van der Waals surface area contributed by atoms with Crippen LogP contribution in [0.15, 0.2) is 54.7 Å². The Morgan fingerprint density at radius 3 is 2.64 bits per heavy atom. The topological polar surface area (TPSA) is 98.3 Å². The smallest absolute Gasteiger partial charge is 0.316 e. The van der Waals surface area contributed by atoms with Crippen molar-refractivity contribution >= 4 is 40.7 Å². The highest BCUT2D eigenvalue weighted by Crippen LogP contribution is 2.39. The molecule has 39 heavy (non-hydrogen) atoms. The van der Waals surface area contributed by atoms with Crippen LogP contribution in [0.25, 0.3) is 16.9 Å². The number of ether oxygens (including phenoxy) is 1. The lowest BCUT2D eigenvalue weighted by atomic mass is 10.00. The molecule has 0 bridgehead atoms. The van der Waals surface area contributed by atoms with Crippen molar-refractivity contribution in [2.45, 2.75) is 33.7 Å². The monoisotopic (exact) mass is 564 g/mol. The molecule has 0 unspecified atom stereocenters. The van der Waals surface area contributed by atoms with Gasteiger partial charge >= 0.3 is 6.03 Å². The van der Waals surface area contributed by atoms with E-state index in [4.69, 9.17) is 38.8 Å². The normalized spacial score (nSPS) is 12.9. The molecule has 0 atom stereocenters. The minimum Gasteiger partial charge on any atom is -0.491 e. The van der Waals surface area contributed by atoms with Crippen molar-refractivity contribution in [2.75, 3.05) is 23.4 Å². The maximum atomic E-state index is 11.4. The van der Waals surface area contributed by atoms with Crippen molar-refractivity contribution in [2.24, 2.45) is 11.7 Å². The fraction of sp³-hybridized carbons (Fsp3) is 0.276. The molecule has 4 aromatic rings. The highest BCUT2D eigenvalue weighted by molar-refractivity contribution is 6.36. The first-order valence-electron chi connectivity index (χ1n) is 12.8. The number of para-hydroxylation sites is 1. The van der Waals surface area contributed by atoms with Crippen molar-refractivity contribution in [3.05, 3.63) is 81.6 Å². The van der Waals surface area contributed by atoms with E-state index in [0.717, 1.165) is 39.5 Å². The van der Waals surface area contributed by atoms with Crippen LogP contribution in [-0.4, -0.2) is 33.9 Å². The number of rotatable bonds is 7. The van der Waals surface area contributed by atoms with Crippen molar-refractivity contribution in [1.29, 1.82) is 0 Å². The fourth-order valence-electron chi connectivity index (χ4n) is 4.78. The number of urea groups is 1. The molecule has 2 aromatic carbocycles. The Morgan fingerprint density at radius 2 is 1.95 bits per heavy atom. The largest absolute Gasteiger partial charge is 0.491 e. The molecule has 0 aliphatic carbocycles. The fourth-order valence-corrected chi connectivity index (χ4v) is 5.28. The summed E-state index contributed by atoms with van der Waals surface area (Å²) in [7, 11) is 0. The van der Waals surface area contributed by atoms with Gasteiger partial charge in [0.25, 0.3) is 0 Å². The van der Waals surface area contributed by atoms with Gasteiger partial charge in [-0.15, -0.1) is 0 Å². The molecule has 1 aliphatic rings. The SMILES string of the molecule is Cc1cccc(OCC(C)C)c1-n1nc2c(c1-c1ccc(NC(N)=O)cc1)CN(c1ncc(Cl)cc1Cl)CC2. The summed E-state index contributed by atoms with van der Waals surface area (Å²) in [5.74, 6) is 1.83. The number of pyridine rings is 1. The average molecular weight is 566 g/mol. The molecule has 0 spiro atoms.